The van der Waals surface area contributed by atoms with E-state index in [1.54, 1.807) is 6.92 Å². The molecule has 0 heterocycles. The maximum absolute atomic E-state index is 11.7. The number of carboxylic acids is 1. The number of aliphatic carboxylic acids is 1. The normalized spacial score (nSPS) is 13.5. The first-order chi connectivity index (χ1) is 9.90. The summed E-state index contributed by atoms with van der Waals surface area (Å²) < 4.78 is 0.982. The van der Waals surface area contributed by atoms with E-state index >= 15 is 0 Å². The molecule has 0 saturated carbocycles. The highest BCUT2D eigenvalue weighted by atomic mass is 79.9. The van der Waals surface area contributed by atoms with E-state index in [-0.39, 0.29) is 0 Å². The second-order valence-electron chi connectivity index (χ2n) is 5.38. The summed E-state index contributed by atoms with van der Waals surface area (Å²) in [5.41, 5.74) is 1.80. The molecule has 0 amide bonds. The standard InChI is InChI=1S/C17H18BrNO2/c1-12-5-3-4-6-15(12)19-17(2,16(20)21)11-13-7-9-14(18)10-8-13/h3-10,19H,11H2,1-2H3,(H,20,21). The zero-order valence-corrected chi connectivity index (χ0v) is 13.6. The first-order valence-electron chi connectivity index (χ1n) is 6.72. The summed E-state index contributed by atoms with van der Waals surface area (Å²) in [6.07, 6.45) is 0.407. The molecule has 2 rings (SSSR count). The molecule has 110 valence electrons. The van der Waals surface area contributed by atoms with Gasteiger partial charge in [-0.3, -0.25) is 0 Å². The molecular formula is C17H18BrNO2. The third-order valence-electron chi connectivity index (χ3n) is 3.50. The number of hydrogen-bond acceptors (Lipinski definition) is 2. The van der Waals surface area contributed by atoms with E-state index in [0.717, 1.165) is 21.3 Å². The van der Waals surface area contributed by atoms with Crippen molar-refractivity contribution < 1.29 is 9.90 Å². The van der Waals surface area contributed by atoms with Crippen LogP contribution in [0.4, 0.5) is 5.69 Å². The predicted octanol–water partition coefficient (Wildman–Crippen LogP) is 4.26. The van der Waals surface area contributed by atoms with Gasteiger partial charge >= 0.3 is 5.97 Å². The number of carbonyl (C=O) groups is 1. The van der Waals surface area contributed by atoms with E-state index in [1.807, 2.05) is 55.5 Å². The third kappa shape index (κ3) is 3.85. The number of halogens is 1. The summed E-state index contributed by atoms with van der Waals surface area (Å²) >= 11 is 3.39. The Hall–Kier alpha value is -1.81. The van der Waals surface area contributed by atoms with Crippen LogP contribution in [0.15, 0.2) is 53.0 Å². The van der Waals surface area contributed by atoms with Crippen molar-refractivity contribution >= 4 is 27.6 Å². The second kappa shape index (κ2) is 6.31. The molecule has 1 atom stereocenters. The molecule has 0 aliphatic rings. The van der Waals surface area contributed by atoms with Crippen molar-refractivity contribution in [1.82, 2.24) is 0 Å². The molecule has 0 spiro atoms. The summed E-state index contributed by atoms with van der Waals surface area (Å²) in [5.74, 6) is -0.867. The molecule has 2 N–H and O–H groups in total. The first-order valence-corrected chi connectivity index (χ1v) is 7.52. The van der Waals surface area contributed by atoms with E-state index in [4.69, 9.17) is 0 Å². The van der Waals surface area contributed by atoms with Crippen LogP contribution >= 0.6 is 15.9 Å². The molecule has 0 aliphatic carbocycles. The van der Waals surface area contributed by atoms with Gasteiger partial charge in [-0.25, -0.2) is 4.79 Å². The molecule has 0 aromatic heterocycles. The maximum atomic E-state index is 11.7. The van der Waals surface area contributed by atoms with Crippen LogP contribution in [-0.4, -0.2) is 16.6 Å². The van der Waals surface area contributed by atoms with Gasteiger partial charge in [-0.2, -0.15) is 0 Å². The minimum atomic E-state index is -1.06. The van der Waals surface area contributed by atoms with Gasteiger partial charge in [0.1, 0.15) is 5.54 Å². The molecule has 2 aromatic carbocycles. The van der Waals surface area contributed by atoms with Crippen LogP contribution in [-0.2, 0) is 11.2 Å². The number of para-hydroxylation sites is 1. The molecule has 0 aliphatic heterocycles. The van der Waals surface area contributed by atoms with Gasteiger partial charge in [0.25, 0.3) is 0 Å². The highest BCUT2D eigenvalue weighted by Gasteiger charge is 2.33. The van der Waals surface area contributed by atoms with E-state index in [0.29, 0.717) is 6.42 Å². The zero-order chi connectivity index (χ0) is 15.5. The molecule has 0 radical (unpaired) electrons. The Labute approximate surface area is 133 Å². The predicted molar refractivity (Wildman–Crippen MR) is 88.7 cm³/mol. The number of nitrogens with one attached hydrogen (secondary N) is 1. The van der Waals surface area contributed by atoms with Crippen molar-refractivity contribution in [2.45, 2.75) is 25.8 Å². The fraction of sp³-hybridized carbons (Fsp3) is 0.235. The molecule has 1 unspecified atom stereocenters. The van der Waals surface area contributed by atoms with Gasteiger partial charge in [0.2, 0.25) is 0 Å². The fourth-order valence-corrected chi connectivity index (χ4v) is 2.46. The lowest BCUT2D eigenvalue weighted by Gasteiger charge is -2.28. The minimum Gasteiger partial charge on any atom is -0.480 e. The van der Waals surface area contributed by atoms with Crippen LogP contribution in [0.5, 0.6) is 0 Å². The quantitative estimate of drug-likeness (QED) is 0.849. The Morgan fingerprint density at radius 1 is 1.19 bits per heavy atom. The topological polar surface area (TPSA) is 49.3 Å². The van der Waals surface area contributed by atoms with Crippen LogP contribution in [0.25, 0.3) is 0 Å². The molecule has 0 fully saturated rings. The Morgan fingerprint density at radius 3 is 2.38 bits per heavy atom. The summed E-state index contributed by atoms with van der Waals surface area (Å²) in [6.45, 7) is 3.67. The van der Waals surface area contributed by atoms with E-state index in [2.05, 4.69) is 21.2 Å². The summed E-state index contributed by atoms with van der Waals surface area (Å²) in [6, 6.07) is 15.4. The van der Waals surface area contributed by atoms with Gasteiger partial charge < -0.3 is 10.4 Å². The third-order valence-corrected chi connectivity index (χ3v) is 4.03. The Kier molecular flexibility index (Phi) is 4.68. The number of anilines is 1. The SMILES string of the molecule is Cc1ccccc1NC(C)(Cc1ccc(Br)cc1)C(=O)O. The first kappa shape index (κ1) is 15.6. The second-order valence-corrected chi connectivity index (χ2v) is 6.30. The molecule has 2 aromatic rings. The van der Waals surface area contributed by atoms with Crippen LogP contribution in [0.1, 0.15) is 18.1 Å². The summed E-state index contributed by atoms with van der Waals surface area (Å²) in [7, 11) is 0. The van der Waals surface area contributed by atoms with Crippen molar-refractivity contribution in [3.8, 4) is 0 Å². The molecule has 21 heavy (non-hydrogen) atoms. The monoisotopic (exact) mass is 347 g/mol. The lowest BCUT2D eigenvalue weighted by atomic mass is 9.92. The lowest BCUT2D eigenvalue weighted by Crippen LogP contribution is -2.45. The molecular weight excluding hydrogens is 330 g/mol. The molecule has 4 heteroatoms. The molecule has 0 bridgehead atoms. The average molecular weight is 348 g/mol. The van der Waals surface area contributed by atoms with Gasteiger partial charge in [0, 0.05) is 16.6 Å². The summed E-state index contributed by atoms with van der Waals surface area (Å²) in [4.78, 5) is 11.7. The maximum Gasteiger partial charge on any atom is 0.329 e. The highest BCUT2D eigenvalue weighted by molar-refractivity contribution is 9.10. The Bertz CT molecular complexity index is 639. The smallest absolute Gasteiger partial charge is 0.329 e. The van der Waals surface area contributed by atoms with Gasteiger partial charge in [-0.05, 0) is 43.2 Å². The van der Waals surface area contributed by atoms with Crippen molar-refractivity contribution in [3.05, 3.63) is 64.1 Å². The van der Waals surface area contributed by atoms with Gasteiger partial charge in [-0.15, -0.1) is 0 Å². The number of carboxylic acid groups (broad SMARTS) is 1. The van der Waals surface area contributed by atoms with Crippen LogP contribution in [0, 0.1) is 6.92 Å². The largest absolute Gasteiger partial charge is 0.480 e. The number of hydrogen-bond donors (Lipinski definition) is 2. The van der Waals surface area contributed by atoms with Crippen molar-refractivity contribution in [2.24, 2.45) is 0 Å². The van der Waals surface area contributed by atoms with E-state index in [1.165, 1.54) is 0 Å². The molecule has 3 nitrogen and oxygen atoms in total. The van der Waals surface area contributed by atoms with Crippen LogP contribution < -0.4 is 5.32 Å². The van der Waals surface area contributed by atoms with Gasteiger partial charge in [0.15, 0.2) is 0 Å². The zero-order valence-electron chi connectivity index (χ0n) is 12.1. The number of benzene rings is 2. The van der Waals surface area contributed by atoms with Crippen LogP contribution in [0.2, 0.25) is 0 Å². The Morgan fingerprint density at radius 2 is 1.81 bits per heavy atom. The fourth-order valence-electron chi connectivity index (χ4n) is 2.19. The average Bonchev–Trinajstić information content (AvgIpc) is 2.44. The summed E-state index contributed by atoms with van der Waals surface area (Å²) in [5, 5.41) is 12.8. The van der Waals surface area contributed by atoms with Crippen molar-refractivity contribution in [3.63, 3.8) is 0 Å². The van der Waals surface area contributed by atoms with Crippen molar-refractivity contribution in [2.75, 3.05) is 5.32 Å². The van der Waals surface area contributed by atoms with Gasteiger partial charge in [-0.1, -0.05) is 46.3 Å². The van der Waals surface area contributed by atoms with Gasteiger partial charge in [0.05, 0.1) is 0 Å². The number of rotatable bonds is 5. The van der Waals surface area contributed by atoms with Crippen molar-refractivity contribution in [1.29, 1.82) is 0 Å². The van der Waals surface area contributed by atoms with E-state index in [9.17, 15) is 9.90 Å². The number of aryl methyl sites for hydroxylation is 1. The molecule has 0 saturated heterocycles. The Balaban J connectivity index is 2.26. The minimum absolute atomic E-state index is 0.407. The van der Waals surface area contributed by atoms with Crippen LogP contribution in [0.3, 0.4) is 0 Å². The lowest BCUT2D eigenvalue weighted by molar-refractivity contribution is -0.141. The van der Waals surface area contributed by atoms with E-state index < -0.39 is 11.5 Å². The highest BCUT2D eigenvalue weighted by Crippen LogP contribution is 2.23.